The van der Waals surface area contributed by atoms with E-state index in [1.165, 1.54) is 42.5 Å². The van der Waals surface area contributed by atoms with E-state index in [-0.39, 0.29) is 28.5 Å². The molecule has 0 N–H and O–H groups in total. The number of Topliss-reactive ketones (excluding diaryl/α,β-unsaturated/α-hetero) is 1. The minimum atomic E-state index is -0.680. The molecule has 0 saturated carbocycles. The molecule has 3 aromatic carbocycles. The molecule has 0 spiro atoms. The van der Waals surface area contributed by atoms with Crippen LogP contribution in [0.4, 0.5) is 5.69 Å². The molecule has 0 atom stereocenters. The fraction of sp³-hybridized carbons (Fsp3) is 0. The van der Waals surface area contributed by atoms with Crippen molar-refractivity contribution >= 4 is 23.5 Å². The summed E-state index contributed by atoms with van der Waals surface area (Å²) in [5.74, 6) is -0.294. The standard InChI is InChI=1S/C24H15NO6/c26-23-20-14-13-19(30-24(27)17-9-11-18(12-10-17)25(28)29)15-22(20)31-21(23)8-4-7-16-5-2-1-3-6-16/h1-15H/b7-4+,21-8-. The molecule has 0 unspecified atom stereocenters. The first-order valence-electron chi connectivity index (χ1n) is 9.28. The van der Waals surface area contributed by atoms with Gasteiger partial charge < -0.3 is 9.47 Å². The Balaban J connectivity index is 1.46. The number of ketones is 1. The number of non-ortho nitro benzene ring substituents is 1. The van der Waals surface area contributed by atoms with Crippen molar-refractivity contribution < 1.29 is 24.0 Å². The van der Waals surface area contributed by atoms with Crippen molar-refractivity contribution in [1.29, 1.82) is 0 Å². The molecule has 3 aromatic rings. The average Bonchev–Trinajstić information content (AvgIpc) is 3.09. The van der Waals surface area contributed by atoms with Crippen LogP contribution >= 0.6 is 0 Å². The predicted octanol–water partition coefficient (Wildman–Crippen LogP) is 4.99. The minimum Gasteiger partial charge on any atom is -0.452 e. The lowest BCUT2D eigenvalue weighted by atomic mass is 10.1. The summed E-state index contributed by atoms with van der Waals surface area (Å²) in [6.45, 7) is 0. The largest absolute Gasteiger partial charge is 0.452 e. The van der Waals surface area contributed by atoms with Crippen LogP contribution in [-0.2, 0) is 0 Å². The third-order valence-corrected chi connectivity index (χ3v) is 4.50. The zero-order valence-corrected chi connectivity index (χ0v) is 16.1. The van der Waals surface area contributed by atoms with E-state index in [2.05, 4.69) is 0 Å². The van der Waals surface area contributed by atoms with Crippen LogP contribution in [0, 0.1) is 10.1 Å². The van der Waals surface area contributed by atoms with Gasteiger partial charge in [-0.25, -0.2) is 4.79 Å². The summed E-state index contributed by atoms with van der Waals surface area (Å²) < 4.78 is 10.9. The summed E-state index contributed by atoms with van der Waals surface area (Å²) >= 11 is 0. The molecule has 0 fully saturated rings. The van der Waals surface area contributed by atoms with Gasteiger partial charge >= 0.3 is 5.97 Å². The lowest BCUT2D eigenvalue weighted by Gasteiger charge is -2.05. The molecule has 7 heteroatoms. The molecule has 0 bridgehead atoms. The number of benzene rings is 3. The zero-order chi connectivity index (χ0) is 21.8. The van der Waals surface area contributed by atoms with E-state index in [1.807, 2.05) is 36.4 Å². The van der Waals surface area contributed by atoms with E-state index >= 15 is 0 Å². The molecule has 1 aliphatic heterocycles. The highest BCUT2D eigenvalue weighted by atomic mass is 16.6. The van der Waals surface area contributed by atoms with E-state index in [0.29, 0.717) is 11.3 Å². The van der Waals surface area contributed by atoms with Gasteiger partial charge in [-0.05, 0) is 35.9 Å². The highest BCUT2D eigenvalue weighted by Crippen LogP contribution is 2.34. The lowest BCUT2D eigenvalue weighted by molar-refractivity contribution is -0.384. The van der Waals surface area contributed by atoms with Crippen molar-refractivity contribution in [2.24, 2.45) is 0 Å². The number of rotatable bonds is 5. The van der Waals surface area contributed by atoms with Crippen LogP contribution in [0.15, 0.2) is 90.7 Å². The van der Waals surface area contributed by atoms with E-state index < -0.39 is 10.9 Å². The number of hydrogen-bond acceptors (Lipinski definition) is 6. The second-order valence-corrected chi connectivity index (χ2v) is 6.58. The van der Waals surface area contributed by atoms with Crippen LogP contribution < -0.4 is 9.47 Å². The number of fused-ring (bicyclic) bond motifs is 1. The van der Waals surface area contributed by atoms with Gasteiger partial charge in [-0.2, -0.15) is 0 Å². The van der Waals surface area contributed by atoms with Gasteiger partial charge in [0.1, 0.15) is 11.5 Å². The number of esters is 1. The highest BCUT2D eigenvalue weighted by molar-refractivity contribution is 6.12. The second-order valence-electron chi connectivity index (χ2n) is 6.58. The number of carbonyl (C=O) groups is 2. The minimum absolute atomic E-state index is 0.123. The Hall–Kier alpha value is -4.52. The monoisotopic (exact) mass is 413 g/mol. The molecule has 0 amide bonds. The molecular formula is C24H15NO6. The molecule has 0 aliphatic carbocycles. The second kappa shape index (κ2) is 8.46. The van der Waals surface area contributed by atoms with E-state index in [0.717, 1.165) is 5.56 Å². The van der Waals surface area contributed by atoms with Crippen molar-refractivity contribution in [3.8, 4) is 11.5 Å². The maximum atomic E-state index is 12.5. The molecule has 7 nitrogen and oxygen atoms in total. The number of nitro groups is 1. The molecule has 31 heavy (non-hydrogen) atoms. The lowest BCUT2D eigenvalue weighted by Crippen LogP contribution is -2.08. The van der Waals surface area contributed by atoms with Gasteiger partial charge in [0.05, 0.1) is 16.1 Å². The summed E-state index contributed by atoms with van der Waals surface area (Å²) in [7, 11) is 0. The molecule has 0 saturated heterocycles. The Kier molecular flexibility index (Phi) is 5.40. The van der Waals surface area contributed by atoms with Crippen molar-refractivity contribution in [1.82, 2.24) is 0 Å². The highest BCUT2D eigenvalue weighted by Gasteiger charge is 2.27. The molecule has 4 rings (SSSR count). The van der Waals surface area contributed by atoms with Crippen LogP contribution in [-0.4, -0.2) is 16.7 Å². The number of nitrogens with zero attached hydrogens (tertiary/aromatic N) is 1. The first-order chi connectivity index (χ1) is 15.0. The SMILES string of the molecule is O=C(Oc1ccc2c(c1)O/C(=C\C=C\c1ccccc1)C2=O)c1ccc([N+](=O)[O-])cc1. The molecule has 1 aliphatic rings. The topological polar surface area (TPSA) is 95.7 Å². The third kappa shape index (κ3) is 4.40. The summed E-state index contributed by atoms with van der Waals surface area (Å²) in [5.41, 5.74) is 1.40. The van der Waals surface area contributed by atoms with Crippen LogP contribution in [0.25, 0.3) is 6.08 Å². The van der Waals surface area contributed by atoms with Crippen molar-refractivity contribution in [3.05, 3.63) is 118 Å². The van der Waals surface area contributed by atoms with Gasteiger partial charge in [0.15, 0.2) is 5.76 Å². The maximum absolute atomic E-state index is 12.5. The summed E-state index contributed by atoms with van der Waals surface area (Å²) in [6.07, 6.45) is 5.16. The Morgan fingerprint density at radius 1 is 1.00 bits per heavy atom. The molecule has 152 valence electrons. The number of allylic oxidation sites excluding steroid dienone is 3. The maximum Gasteiger partial charge on any atom is 0.343 e. The first kappa shape index (κ1) is 19.8. The first-order valence-corrected chi connectivity index (χ1v) is 9.28. The van der Waals surface area contributed by atoms with Gasteiger partial charge in [-0.1, -0.05) is 42.5 Å². The fourth-order valence-electron chi connectivity index (χ4n) is 2.94. The smallest absolute Gasteiger partial charge is 0.343 e. The van der Waals surface area contributed by atoms with Gasteiger partial charge in [-0.15, -0.1) is 0 Å². The van der Waals surface area contributed by atoms with Crippen LogP contribution in [0.3, 0.4) is 0 Å². The van der Waals surface area contributed by atoms with Gasteiger partial charge in [-0.3, -0.25) is 14.9 Å². The van der Waals surface area contributed by atoms with Gasteiger partial charge in [0.2, 0.25) is 5.78 Å². The molecule has 0 aromatic heterocycles. The number of nitro benzene ring substituents is 1. The Morgan fingerprint density at radius 3 is 2.45 bits per heavy atom. The molecular weight excluding hydrogens is 398 g/mol. The van der Waals surface area contributed by atoms with Crippen LogP contribution in [0.5, 0.6) is 11.5 Å². The van der Waals surface area contributed by atoms with Gasteiger partial charge in [0, 0.05) is 18.2 Å². The number of ether oxygens (including phenoxy) is 2. The fourth-order valence-corrected chi connectivity index (χ4v) is 2.94. The predicted molar refractivity (Wildman–Crippen MR) is 113 cm³/mol. The Morgan fingerprint density at radius 2 is 1.74 bits per heavy atom. The van der Waals surface area contributed by atoms with Crippen LogP contribution in [0.1, 0.15) is 26.3 Å². The Bertz CT molecular complexity index is 1230. The Labute approximate surface area is 177 Å². The summed E-state index contributed by atoms with van der Waals surface area (Å²) in [6, 6.07) is 19.2. The molecule has 0 radical (unpaired) electrons. The number of hydrogen-bond donors (Lipinski definition) is 0. The van der Waals surface area contributed by atoms with E-state index in [9.17, 15) is 19.7 Å². The summed E-state index contributed by atoms with van der Waals surface area (Å²) in [4.78, 5) is 34.9. The normalized spacial score (nSPS) is 13.8. The average molecular weight is 413 g/mol. The molecule has 1 heterocycles. The third-order valence-electron chi connectivity index (χ3n) is 4.50. The van der Waals surface area contributed by atoms with Crippen molar-refractivity contribution in [2.75, 3.05) is 0 Å². The van der Waals surface area contributed by atoms with E-state index in [4.69, 9.17) is 9.47 Å². The van der Waals surface area contributed by atoms with Crippen LogP contribution in [0.2, 0.25) is 0 Å². The quantitative estimate of drug-likeness (QED) is 0.192. The van der Waals surface area contributed by atoms with Crippen molar-refractivity contribution in [3.63, 3.8) is 0 Å². The van der Waals surface area contributed by atoms with E-state index in [1.54, 1.807) is 12.2 Å². The number of carbonyl (C=O) groups excluding carboxylic acids is 2. The summed E-state index contributed by atoms with van der Waals surface area (Å²) in [5, 5.41) is 10.7. The van der Waals surface area contributed by atoms with Crippen molar-refractivity contribution in [2.45, 2.75) is 0 Å². The van der Waals surface area contributed by atoms with Gasteiger partial charge in [0.25, 0.3) is 5.69 Å². The zero-order valence-electron chi connectivity index (χ0n) is 16.1.